The van der Waals surface area contributed by atoms with Gasteiger partial charge in [0.05, 0.1) is 5.71 Å². The Bertz CT molecular complexity index is 654. The van der Waals surface area contributed by atoms with Crippen molar-refractivity contribution in [3.05, 3.63) is 65.7 Å². The number of hydrazone groups is 1. The average Bonchev–Trinajstić information content (AvgIpc) is 2.52. The van der Waals surface area contributed by atoms with Crippen molar-refractivity contribution in [2.24, 2.45) is 5.10 Å². The predicted molar refractivity (Wildman–Crippen MR) is 82.6 cm³/mol. The lowest BCUT2D eigenvalue weighted by Crippen LogP contribution is -2.26. The van der Waals surface area contributed by atoms with E-state index >= 15 is 0 Å². The number of hydrogen-bond donors (Lipinski definition) is 3. The Balaban J connectivity index is 2.05. The van der Waals surface area contributed by atoms with Gasteiger partial charge in [0.2, 0.25) is 0 Å². The Hall–Kier alpha value is -2.66. The fraction of sp³-hybridized carbons (Fsp3) is 0.125. The lowest BCUT2D eigenvalue weighted by atomic mass is 10.1. The van der Waals surface area contributed by atoms with Crippen molar-refractivity contribution in [1.82, 2.24) is 5.43 Å². The molecule has 108 valence electrons. The third-order valence-corrected chi connectivity index (χ3v) is 3.00. The second-order valence-corrected chi connectivity index (χ2v) is 4.61. The van der Waals surface area contributed by atoms with Crippen LogP contribution in [0.25, 0.3) is 0 Å². The monoisotopic (exact) mass is 283 g/mol. The van der Waals surface area contributed by atoms with Gasteiger partial charge in [-0.25, -0.2) is 5.43 Å². The van der Waals surface area contributed by atoms with E-state index < -0.39 is 12.0 Å². The fourth-order valence-electron chi connectivity index (χ4n) is 1.82. The molecule has 0 fully saturated rings. The van der Waals surface area contributed by atoms with Crippen LogP contribution in [0.5, 0.6) is 0 Å². The molecule has 0 aromatic heterocycles. The second kappa shape index (κ2) is 6.67. The summed E-state index contributed by atoms with van der Waals surface area (Å²) in [6.45, 7) is 1.75. The Labute approximate surface area is 123 Å². The number of carbonyl (C=O) groups is 1. The van der Waals surface area contributed by atoms with Gasteiger partial charge in [0.25, 0.3) is 5.91 Å². The minimum atomic E-state index is -1.25. The molecule has 0 aliphatic rings. The lowest BCUT2D eigenvalue weighted by Gasteiger charge is -2.09. The summed E-state index contributed by atoms with van der Waals surface area (Å²) in [5.74, 6) is -0.579. The molecule has 5 nitrogen and oxygen atoms in total. The van der Waals surface area contributed by atoms with Crippen molar-refractivity contribution in [2.75, 3.05) is 5.73 Å². The van der Waals surface area contributed by atoms with Crippen molar-refractivity contribution in [3.8, 4) is 0 Å². The summed E-state index contributed by atoms with van der Waals surface area (Å²) in [5.41, 5.74) is 10.6. The Morgan fingerprint density at radius 1 is 1.19 bits per heavy atom. The van der Waals surface area contributed by atoms with Crippen LogP contribution in [0.2, 0.25) is 0 Å². The van der Waals surface area contributed by atoms with E-state index in [0.717, 1.165) is 5.56 Å². The van der Waals surface area contributed by atoms with Gasteiger partial charge in [0.1, 0.15) is 0 Å². The van der Waals surface area contributed by atoms with Gasteiger partial charge in [-0.15, -0.1) is 0 Å². The topological polar surface area (TPSA) is 87.7 Å². The molecule has 0 radical (unpaired) electrons. The minimum Gasteiger partial charge on any atom is -0.399 e. The van der Waals surface area contributed by atoms with Gasteiger partial charge in [0, 0.05) is 5.69 Å². The minimum absolute atomic E-state index is 0.520. The summed E-state index contributed by atoms with van der Waals surface area (Å²) < 4.78 is 0. The first kappa shape index (κ1) is 14.7. The zero-order chi connectivity index (χ0) is 15.2. The summed E-state index contributed by atoms with van der Waals surface area (Å²) in [5, 5.41) is 13.9. The molecule has 0 spiro atoms. The average molecular weight is 283 g/mol. The predicted octanol–water partition coefficient (Wildman–Crippen LogP) is 1.84. The van der Waals surface area contributed by atoms with Crippen molar-refractivity contribution < 1.29 is 9.90 Å². The Morgan fingerprint density at radius 2 is 1.90 bits per heavy atom. The van der Waals surface area contributed by atoms with Gasteiger partial charge in [-0.2, -0.15) is 5.10 Å². The molecule has 0 saturated heterocycles. The van der Waals surface area contributed by atoms with Gasteiger partial charge < -0.3 is 10.8 Å². The van der Waals surface area contributed by atoms with Crippen molar-refractivity contribution in [1.29, 1.82) is 0 Å². The molecule has 0 aliphatic carbocycles. The zero-order valence-electron chi connectivity index (χ0n) is 11.7. The number of aliphatic hydroxyl groups excluding tert-OH is 1. The van der Waals surface area contributed by atoms with Crippen molar-refractivity contribution in [3.63, 3.8) is 0 Å². The smallest absolute Gasteiger partial charge is 0.273 e. The molecule has 0 heterocycles. The summed E-state index contributed by atoms with van der Waals surface area (Å²) in [4.78, 5) is 11.9. The maximum Gasteiger partial charge on any atom is 0.273 e. The lowest BCUT2D eigenvalue weighted by molar-refractivity contribution is -0.129. The summed E-state index contributed by atoms with van der Waals surface area (Å²) in [7, 11) is 0. The zero-order valence-corrected chi connectivity index (χ0v) is 11.7. The van der Waals surface area contributed by atoms with E-state index in [1.165, 1.54) is 0 Å². The molecule has 5 heteroatoms. The largest absolute Gasteiger partial charge is 0.399 e. The third kappa shape index (κ3) is 3.90. The summed E-state index contributed by atoms with van der Waals surface area (Å²) >= 11 is 0. The van der Waals surface area contributed by atoms with E-state index in [0.29, 0.717) is 17.0 Å². The molecule has 21 heavy (non-hydrogen) atoms. The Morgan fingerprint density at radius 3 is 2.57 bits per heavy atom. The van der Waals surface area contributed by atoms with Crippen LogP contribution in [0.15, 0.2) is 59.7 Å². The maximum atomic E-state index is 11.9. The van der Waals surface area contributed by atoms with Crippen LogP contribution in [0.3, 0.4) is 0 Å². The molecule has 2 aromatic carbocycles. The van der Waals surface area contributed by atoms with Crippen LogP contribution in [0, 0.1) is 0 Å². The van der Waals surface area contributed by atoms with Gasteiger partial charge in [-0.1, -0.05) is 42.5 Å². The standard InChI is InChI=1S/C16H17N3O2/c1-11(13-8-5-9-14(17)10-13)18-19-16(21)15(20)12-6-3-2-4-7-12/h2-10,15,20H,17H2,1H3,(H,19,21)/b18-11+. The first-order valence-corrected chi connectivity index (χ1v) is 6.51. The summed E-state index contributed by atoms with van der Waals surface area (Å²) in [6, 6.07) is 15.9. The van der Waals surface area contributed by atoms with E-state index in [1.54, 1.807) is 43.3 Å². The molecule has 1 amide bonds. The first-order valence-electron chi connectivity index (χ1n) is 6.51. The molecule has 0 saturated carbocycles. The third-order valence-electron chi connectivity index (χ3n) is 3.00. The highest BCUT2D eigenvalue weighted by Crippen LogP contribution is 2.12. The number of anilines is 1. The number of nitrogen functional groups attached to an aromatic ring is 1. The molecule has 0 aliphatic heterocycles. The van der Waals surface area contributed by atoms with Gasteiger partial charge in [-0.05, 0) is 30.2 Å². The van der Waals surface area contributed by atoms with Crippen LogP contribution >= 0.6 is 0 Å². The number of rotatable bonds is 4. The van der Waals surface area contributed by atoms with Crippen LogP contribution in [0.4, 0.5) is 5.69 Å². The highest BCUT2D eigenvalue weighted by atomic mass is 16.3. The number of nitrogens with one attached hydrogen (secondary N) is 1. The van der Waals surface area contributed by atoms with Crippen molar-refractivity contribution in [2.45, 2.75) is 13.0 Å². The normalized spacial score (nSPS) is 12.8. The van der Waals surface area contributed by atoms with Crippen LogP contribution in [0.1, 0.15) is 24.2 Å². The number of carbonyl (C=O) groups excluding carboxylic acids is 1. The van der Waals surface area contributed by atoms with Crippen molar-refractivity contribution >= 4 is 17.3 Å². The SMILES string of the molecule is C/C(=N\NC(=O)C(O)c1ccccc1)c1cccc(N)c1. The second-order valence-electron chi connectivity index (χ2n) is 4.61. The summed E-state index contributed by atoms with van der Waals surface area (Å²) in [6.07, 6.45) is -1.25. The van der Waals surface area contributed by atoms with E-state index in [2.05, 4.69) is 10.5 Å². The van der Waals surface area contributed by atoms with Crippen LogP contribution in [-0.2, 0) is 4.79 Å². The van der Waals surface area contributed by atoms with Gasteiger partial charge in [-0.3, -0.25) is 4.79 Å². The molecular weight excluding hydrogens is 266 g/mol. The number of hydrogen-bond acceptors (Lipinski definition) is 4. The molecule has 1 unspecified atom stereocenters. The van der Waals surface area contributed by atoms with Gasteiger partial charge >= 0.3 is 0 Å². The highest BCUT2D eigenvalue weighted by Gasteiger charge is 2.16. The fourth-order valence-corrected chi connectivity index (χ4v) is 1.82. The van der Waals surface area contributed by atoms with E-state index in [9.17, 15) is 9.90 Å². The molecule has 1 atom stereocenters. The molecule has 2 aromatic rings. The molecular formula is C16H17N3O2. The number of aliphatic hydroxyl groups is 1. The van der Waals surface area contributed by atoms with E-state index in [1.807, 2.05) is 18.2 Å². The number of nitrogens with two attached hydrogens (primary N) is 1. The molecule has 2 rings (SSSR count). The number of benzene rings is 2. The molecule has 0 bridgehead atoms. The van der Waals surface area contributed by atoms with E-state index in [-0.39, 0.29) is 0 Å². The van der Waals surface area contributed by atoms with Crippen LogP contribution in [-0.4, -0.2) is 16.7 Å². The highest BCUT2D eigenvalue weighted by molar-refractivity contribution is 6.00. The molecule has 4 N–H and O–H groups in total. The Kier molecular flexibility index (Phi) is 4.68. The van der Waals surface area contributed by atoms with E-state index in [4.69, 9.17) is 5.73 Å². The quantitative estimate of drug-likeness (QED) is 0.454. The number of nitrogens with zero attached hydrogens (tertiary/aromatic N) is 1. The number of amides is 1. The van der Waals surface area contributed by atoms with Crippen LogP contribution < -0.4 is 11.2 Å². The van der Waals surface area contributed by atoms with Gasteiger partial charge in [0.15, 0.2) is 6.10 Å². The maximum absolute atomic E-state index is 11.9. The first-order chi connectivity index (χ1) is 10.1.